The Balaban J connectivity index is 1.88. The smallest absolute Gasteiger partial charge is 0.127 e. The zero-order valence-corrected chi connectivity index (χ0v) is 15.5. The van der Waals surface area contributed by atoms with Crippen LogP contribution in [-0.2, 0) is 6.42 Å². The highest BCUT2D eigenvalue weighted by Gasteiger charge is 2.45. The van der Waals surface area contributed by atoms with Crippen molar-refractivity contribution < 1.29 is 14.2 Å². The van der Waals surface area contributed by atoms with E-state index in [2.05, 4.69) is 32.9 Å². The lowest BCUT2D eigenvalue weighted by molar-refractivity contribution is 0.00754. The average Bonchev–Trinajstić information content (AvgIpc) is 2.53. The van der Waals surface area contributed by atoms with Gasteiger partial charge in [-0.05, 0) is 70.6 Å². The molecule has 0 fully saturated rings. The van der Waals surface area contributed by atoms with E-state index in [9.17, 15) is 9.50 Å². The molecule has 0 saturated heterocycles. The molecule has 25 heavy (non-hydrogen) atoms. The SMILES string of the molecule is CC1=CC[C@@H]2[C@@H](C1)c1c(O)cc(C/C=C\CCCF)cc1OC2(C)C. The summed E-state index contributed by atoms with van der Waals surface area (Å²) < 4.78 is 18.5. The molecule has 0 bridgehead atoms. The normalized spacial score (nSPS) is 24.4. The van der Waals surface area contributed by atoms with Crippen LogP contribution < -0.4 is 4.74 Å². The van der Waals surface area contributed by atoms with E-state index in [1.54, 1.807) is 0 Å². The Labute approximate surface area is 150 Å². The van der Waals surface area contributed by atoms with Gasteiger partial charge in [-0.25, -0.2) is 0 Å². The standard InChI is InChI=1S/C22H29FO2/c1-15-9-10-18-17(12-15)21-19(24)13-16(8-6-4-5-7-11-23)14-20(21)25-22(18,2)3/h4,6,9,13-14,17-18,24H,5,7-8,10-12H2,1-3H3/b6-4-/t17-,18-/m1/s1. The summed E-state index contributed by atoms with van der Waals surface area (Å²) in [5.74, 6) is 1.89. The lowest BCUT2D eigenvalue weighted by Crippen LogP contribution is -2.45. The van der Waals surface area contributed by atoms with Crippen LogP contribution in [0.1, 0.15) is 63.5 Å². The number of hydrogen-bond donors (Lipinski definition) is 1. The molecule has 1 aliphatic heterocycles. The summed E-state index contributed by atoms with van der Waals surface area (Å²) >= 11 is 0. The van der Waals surface area contributed by atoms with Crippen molar-refractivity contribution >= 4 is 0 Å². The van der Waals surface area contributed by atoms with Gasteiger partial charge in [-0.3, -0.25) is 4.39 Å². The number of phenols is 1. The van der Waals surface area contributed by atoms with Crippen LogP contribution >= 0.6 is 0 Å². The molecule has 1 heterocycles. The van der Waals surface area contributed by atoms with Crippen LogP contribution in [0.2, 0.25) is 0 Å². The summed E-state index contributed by atoms with van der Waals surface area (Å²) in [5.41, 5.74) is 3.16. The molecule has 2 aliphatic rings. The molecule has 2 nitrogen and oxygen atoms in total. The number of unbranched alkanes of at least 4 members (excludes halogenated alkanes) is 1. The van der Waals surface area contributed by atoms with E-state index in [0.717, 1.165) is 42.6 Å². The Morgan fingerprint density at radius 1 is 1.32 bits per heavy atom. The maximum absolute atomic E-state index is 12.1. The molecule has 1 aromatic rings. The Morgan fingerprint density at radius 3 is 2.88 bits per heavy atom. The average molecular weight is 344 g/mol. The fourth-order valence-corrected chi connectivity index (χ4v) is 4.27. The van der Waals surface area contributed by atoms with Gasteiger partial charge in [0.15, 0.2) is 0 Å². The third kappa shape index (κ3) is 3.75. The summed E-state index contributed by atoms with van der Waals surface area (Å²) in [6.45, 7) is 6.21. The van der Waals surface area contributed by atoms with Crippen molar-refractivity contribution in [2.45, 2.75) is 64.4 Å². The zero-order chi connectivity index (χ0) is 18.0. The summed E-state index contributed by atoms with van der Waals surface area (Å²) in [4.78, 5) is 0. The number of benzene rings is 1. The largest absolute Gasteiger partial charge is 0.508 e. The molecule has 0 saturated carbocycles. The van der Waals surface area contributed by atoms with Crippen molar-refractivity contribution in [3.63, 3.8) is 0 Å². The summed E-state index contributed by atoms with van der Waals surface area (Å²) in [7, 11) is 0. The minimum atomic E-state index is -0.274. The molecule has 1 aromatic carbocycles. The zero-order valence-electron chi connectivity index (χ0n) is 15.5. The molecule has 0 spiro atoms. The molecular weight excluding hydrogens is 315 g/mol. The first kappa shape index (κ1) is 18.0. The molecule has 2 atom stereocenters. The Kier molecular flexibility index (Phi) is 5.21. The molecule has 1 N–H and O–H groups in total. The van der Waals surface area contributed by atoms with Crippen LogP contribution in [0.5, 0.6) is 11.5 Å². The first-order chi connectivity index (χ1) is 11.9. The minimum absolute atomic E-state index is 0.239. The van der Waals surface area contributed by atoms with E-state index in [-0.39, 0.29) is 12.3 Å². The number of hydrogen-bond acceptors (Lipinski definition) is 2. The quantitative estimate of drug-likeness (QED) is 0.536. The van der Waals surface area contributed by atoms with Gasteiger partial charge in [0, 0.05) is 17.4 Å². The lowest BCUT2D eigenvalue weighted by Gasteiger charge is -2.47. The van der Waals surface area contributed by atoms with Gasteiger partial charge in [-0.2, -0.15) is 0 Å². The lowest BCUT2D eigenvalue weighted by atomic mass is 9.67. The molecule has 3 heteroatoms. The highest BCUT2D eigenvalue weighted by molar-refractivity contribution is 5.53. The number of phenolic OH excluding ortho intramolecular Hbond substituents is 1. The van der Waals surface area contributed by atoms with Gasteiger partial charge < -0.3 is 9.84 Å². The van der Waals surface area contributed by atoms with Gasteiger partial charge in [0.1, 0.15) is 17.1 Å². The fourth-order valence-electron chi connectivity index (χ4n) is 4.27. The van der Waals surface area contributed by atoms with E-state index < -0.39 is 0 Å². The first-order valence-electron chi connectivity index (χ1n) is 9.33. The molecule has 0 unspecified atom stereocenters. The van der Waals surface area contributed by atoms with Crippen LogP contribution in [0.15, 0.2) is 35.9 Å². The van der Waals surface area contributed by atoms with Gasteiger partial charge >= 0.3 is 0 Å². The predicted molar refractivity (Wildman–Crippen MR) is 100 cm³/mol. The third-order valence-corrected chi connectivity index (χ3v) is 5.59. The second kappa shape index (κ2) is 7.23. The van der Waals surface area contributed by atoms with E-state index >= 15 is 0 Å². The second-order valence-corrected chi connectivity index (χ2v) is 7.94. The monoisotopic (exact) mass is 344 g/mol. The van der Waals surface area contributed by atoms with Crippen LogP contribution in [-0.4, -0.2) is 17.4 Å². The van der Waals surface area contributed by atoms with Crippen molar-refractivity contribution in [2.24, 2.45) is 5.92 Å². The number of ether oxygens (including phenoxy) is 1. The Morgan fingerprint density at radius 2 is 2.12 bits per heavy atom. The number of rotatable bonds is 5. The van der Waals surface area contributed by atoms with Gasteiger partial charge in [0.05, 0.1) is 6.67 Å². The second-order valence-electron chi connectivity index (χ2n) is 7.94. The molecule has 0 aromatic heterocycles. The molecule has 0 radical (unpaired) electrons. The summed E-state index contributed by atoms with van der Waals surface area (Å²) in [6, 6.07) is 3.94. The van der Waals surface area contributed by atoms with E-state index in [1.165, 1.54) is 5.57 Å². The van der Waals surface area contributed by atoms with Crippen LogP contribution in [0.25, 0.3) is 0 Å². The molecule has 136 valence electrons. The van der Waals surface area contributed by atoms with Crippen molar-refractivity contribution in [2.75, 3.05) is 6.67 Å². The van der Waals surface area contributed by atoms with Crippen LogP contribution in [0, 0.1) is 5.92 Å². The summed E-state index contributed by atoms with van der Waals surface area (Å²) in [6.07, 6.45) is 10.4. The fraction of sp³-hybridized carbons (Fsp3) is 0.545. The van der Waals surface area contributed by atoms with Crippen molar-refractivity contribution in [3.05, 3.63) is 47.1 Å². The van der Waals surface area contributed by atoms with E-state index in [4.69, 9.17) is 4.74 Å². The van der Waals surface area contributed by atoms with Crippen LogP contribution in [0.4, 0.5) is 4.39 Å². The van der Waals surface area contributed by atoms with Gasteiger partial charge in [0.25, 0.3) is 0 Å². The van der Waals surface area contributed by atoms with Crippen LogP contribution in [0.3, 0.4) is 0 Å². The Hall–Kier alpha value is -1.77. The predicted octanol–water partition coefficient (Wildman–Crippen LogP) is 5.85. The van der Waals surface area contributed by atoms with E-state index in [0.29, 0.717) is 24.0 Å². The number of aromatic hydroxyl groups is 1. The Bertz CT molecular complexity index is 688. The van der Waals surface area contributed by atoms with Gasteiger partial charge in [-0.15, -0.1) is 0 Å². The highest BCUT2D eigenvalue weighted by atomic mass is 19.1. The van der Waals surface area contributed by atoms with Crippen molar-refractivity contribution in [1.29, 1.82) is 0 Å². The third-order valence-electron chi connectivity index (χ3n) is 5.59. The van der Waals surface area contributed by atoms with Gasteiger partial charge in [-0.1, -0.05) is 23.8 Å². The topological polar surface area (TPSA) is 29.5 Å². The maximum Gasteiger partial charge on any atom is 0.127 e. The highest BCUT2D eigenvalue weighted by Crippen LogP contribution is 2.54. The van der Waals surface area contributed by atoms with Crippen molar-refractivity contribution in [3.8, 4) is 11.5 Å². The van der Waals surface area contributed by atoms with Gasteiger partial charge in [0.2, 0.25) is 0 Å². The number of alkyl halides is 1. The van der Waals surface area contributed by atoms with Crippen molar-refractivity contribution in [1.82, 2.24) is 0 Å². The summed E-state index contributed by atoms with van der Waals surface area (Å²) in [5, 5.41) is 10.7. The molecule has 3 rings (SSSR count). The number of halogens is 1. The maximum atomic E-state index is 12.1. The molecule has 1 aliphatic carbocycles. The number of allylic oxidation sites excluding steroid dienone is 4. The van der Waals surface area contributed by atoms with E-state index in [1.807, 2.05) is 18.2 Å². The first-order valence-corrected chi connectivity index (χ1v) is 9.33. The molecular formula is C22H29FO2. The minimum Gasteiger partial charge on any atom is -0.508 e. The number of fused-ring (bicyclic) bond motifs is 3. The molecule has 0 amide bonds.